The fourth-order valence-electron chi connectivity index (χ4n) is 2.11. The monoisotopic (exact) mass is 330 g/mol. The van der Waals surface area contributed by atoms with E-state index in [-0.39, 0.29) is 30.6 Å². The Morgan fingerprint density at radius 1 is 1.43 bits per heavy atom. The van der Waals surface area contributed by atoms with Crippen LogP contribution in [0.25, 0.3) is 0 Å². The first kappa shape index (κ1) is 17.1. The summed E-state index contributed by atoms with van der Waals surface area (Å²) in [5.41, 5.74) is -0.720. The van der Waals surface area contributed by atoms with Crippen LogP contribution in [0.4, 0.5) is 23.7 Å². The molecule has 2 amide bonds. The van der Waals surface area contributed by atoms with E-state index in [1.807, 2.05) is 0 Å². The Morgan fingerprint density at radius 3 is 2.74 bits per heavy atom. The van der Waals surface area contributed by atoms with E-state index in [4.69, 9.17) is 4.74 Å². The van der Waals surface area contributed by atoms with Crippen molar-refractivity contribution >= 4 is 17.7 Å². The van der Waals surface area contributed by atoms with Crippen LogP contribution in [0.15, 0.2) is 24.3 Å². The zero-order valence-electron chi connectivity index (χ0n) is 12.7. The van der Waals surface area contributed by atoms with Crippen molar-refractivity contribution < 1.29 is 27.5 Å². The first-order valence-electron chi connectivity index (χ1n) is 7.11. The lowest BCUT2D eigenvalue weighted by Gasteiger charge is -2.15. The van der Waals surface area contributed by atoms with E-state index in [2.05, 4.69) is 5.32 Å². The summed E-state index contributed by atoms with van der Waals surface area (Å²) in [5.74, 6) is -0.384. The number of anilines is 1. The van der Waals surface area contributed by atoms with Gasteiger partial charge in [0.15, 0.2) is 0 Å². The molecule has 1 atom stereocenters. The second-order valence-corrected chi connectivity index (χ2v) is 5.56. The van der Waals surface area contributed by atoms with Gasteiger partial charge in [0.05, 0.1) is 18.7 Å². The van der Waals surface area contributed by atoms with E-state index in [1.54, 1.807) is 13.8 Å². The van der Waals surface area contributed by atoms with Crippen LogP contribution in [0, 0.1) is 5.92 Å². The number of hydrogen-bond acceptors (Lipinski definition) is 3. The first-order valence-corrected chi connectivity index (χ1v) is 7.11. The molecule has 126 valence electrons. The molecule has 0 saturated carbocycles. The lowest BCUT2D eigenvalue weighted by Crippen LogP contribution is -2.36. The highest BCUT2D eigenvalue weighted by atomic mass is 19.4. The Bertz CT molecular complexity index is 602. The van der Waals surface area contributed by atoms with Gasteiger partial charge in [-0.3, -0.25) is 9.69 Å². The largest absolute Gasteiger partial charge is 0.442 e. The van der Waals surface area contributed by atoms with Gasteiger partial charge in [-0.05, 0) is 18.2 Å². The number of alkyl halides is 3. The van der Waals surface area contributed by atoms with E-state index in [9.17, 15) is 22.8 Å². The molecule has 1 saturated heterocycles. The van der Waals surface area contributed by atoms with Crippen LogP contribution in [0.5, 0.6) is 0 Å². The molecule has 1 unspecified atom stereocenters. The van der Waals surface area contributed by atoms with Gasteiger partial charge in [-0.2, -0.15) is 13.2 Å². The van der Waals surface area contributed by atoms with Crippen molar-refractivity contribution in [2.75, 3.05) is 18.0 Å². The van der Waals surface area contributed by atoms with Crippen LogP contribution in [-0.4, -0.2) is 31.2 Å². The summed E-state index contributed by atoms with van der Waals surface area (Å²) in [7, 11) is 0. The first-order chi connectivity index (χ1) is 10.7. The lowest BCUT2D eigenvalue weighted by atomic mass is 10.1. The highest BCUT2D eigenvalue weighted by Crippen LogP contribution is 2.32. The van der Waals surface area contributed by atoms with Crippen LogP contribution < -0.4 is 10.2 Å². The van der Waals surface area contributed by atoms with Crippen molar-refractivity contribution in [3.8, 4) is 0 Å². The molecule has 1 aliphatic rings. The van der Waals surface area contributed by atoms with Crippen LogP contribution in [0.3, 0.4) is 0 Å². The van der Waals surface area contributed by atoms with Gasteiger partial charge < -0.3 is 10.1 Å². The van der Waals surface area contributed by atoms with Crippen LogP contribution in [0.1, 0.15) is 19.4 Å². The van der Waals surface area contributed by atoms with Gasteiger partial charge in [-0.15, -0.1) is 0 Å². The van der Waals surface area contributed by atoms with Gasteiger partial charge in [-0.1, -0.05) is 19.9 Å². The van der Waals surface area contributed by atoms with E-state index < -0.39 is 23.9 Å². The third-order valence-corrected chi connectivity index (χ3v) is 3.39. The van der Waals surface area contributed by atoms with Gasteiger partial charge >= 0.3 is 12.3 Å². The predicted molar refractivity (Wildman–Crippen MR) is 76.9 cm³/mol. The Morgan fingerprint density at radius 2 is 2.13 bits per heavy atom. The van der Waals surface area contributed by atoms with Crippen molar-refractivity contribution in [3.63, 3.8) is 0 Å². The molecule has 0 aliphatic carbocycles. The quantitative estimate of drug-likeness (QED) is 0.923. The lowest BCUT2D eigenvalue weighted by molar-refractivity contribution is -0.137. The number of cyclic esters (lactones) is 1. The second kappa shape index (κ2) is 6.47. The third-order valence-electron chi connectivity index (χ3n) is 3.39. The summed E-state index contributed by atoms with van der Waals surface area (Å²) in [6, 6.07) is 4.48. The maximum absolute atomic E-state index is 12.7. The molecule has 1 fully saturated rings. The number of nitrogens with one attached hydrogen (secondary N) is 1. The molecular weight excluding hydrogens is 313 g/mol. The van der Waals surface area contributed by atoms with Crippen molar-refractivity contribution in [1.29, 1.82) is 0 Å². The standard InChI is InChI=1S/C15H17F3N2O3/c1-9(2)13(21)19-7-12-8-20(14(22)23-12)11-5-3-4-10(6-11)15(16,17)18/h3-6,9,12H,7-8H2,1-2H3,(H,19,21). The fraction of sp³-hybridized carbons (Fsp3) is 0.467. The maximum atomic E-state index is 12.7. The number of hydrogen-bond donors (Lipinski definition) is 1. The maximum Gasteiger partial charge on any atom is 0.416 e. The van der Waals surface area contributed by atoms with E-state index in [1.165, 1.54) is 12.1 Å². The third kappa shape index (κ3) is 4.14. The molecule has 1 aliphatic heterocycles. The van der Waals surface area contributed by atoms with E-state index >= 15 is 0 Å². The van der Waals surface area contributed by atoms with Crippen molar-refractivity contribution in [2.45, 2.75) is 26.1 Å². The minimum Gasteiger partial charge on any atom is -0.442 e. The molecule has 0 spiro atoms. The summed E-state index contributed by atoms with van der Waals surface area (Å²) >= 11 is 0. The van der Waals surface area contributed by atoms with Gasteiger partial charge in [0.1, 0.15) is 6.10 Å². The number of rotatable bonds is 4. The molecule has 5 nitrogen and oxygen atoms in total. The molecule has 0 bridgehead atoms. The van der Waals surface area contributed by atoms with Crippen molar-refractivity contribution in [1.82, 2.24) is 5.32 Å². The Kier molecular flexibility index (Phi) is 4.82. The van der Waals surface area contributed by atoms with Gasteiger partial charge in [-0.25, -0.2) is 4.79 Å². The summed E-state index contributed by atoms with van der Waals surface area (Å²) in [6.07, 6.45) is -5.81. The second-order valence-electron chi connectivity index (χ2n) is 5.56. The summed E-state index contributed by atoms with van der Waals surface area (Å²) in [5, 5.41) is 2.63. The number of benzene rings is 1. The Hall–Kier alpha value is -2.25. The average Bonchev–Trinajstić information content (AvgIpc) is 2.85. The minimum atomic E-state index is -4.48. The normalized spacial score (nSPS) is 18.3. The molecule has 2 rings (SSSR count). The summed E-state index contributed by atoms with van der Waals surface area (Å²) in [4.78, 5) is 24.5. The summed E-state index contributed by atoms with van der Waals surface area (Å²) in [6.45, 7) is 3.66. The Balaban J connectivity index is 2.05. The summed E-state index contributed by atoms with van der Waals surface area (Å²) < 4.78 is 43.3. The van der Waals surface area contributed by atoms with Crippen LogP contribution >= 0.6 is 0 Å². The number of ether oxygens (including phenoxy) is 1. The molecule has 1 N–H and O–H groups in total. The molecule has 23 heavy (non-hydrogen) atoms. The molecule has 1 heterocycles. The number of carbonyl (C=O) groups excluding carboxylic acids is 2. The number of nitrogens with zero attached hydrogens (tertiary/aromatic N) is 1. The average molecular weight is 330 g/mol. The van der Waals surface area contributed by atoms with Crippen molar-refractivity contribution in [3.05, 3.63) is 29.8 Å². The molecule has 0 radical (unpaired) electrons. The zero-order chi connectivity index (χ0) is 17.2. The number of amides is 2. The highest BCUT2D eigenvalue weighted by molar-refractivity contribution is 5.90. The van der Waals surface area contributed by atoms with Crippen LogP contribution in [-0.2, 0) is 15.7 Å². The topological polar surface area (TPSA) is 58.6 Å². The van der Waals surface area contributed by atoms with Gasteiger partial charge in [0, 0.05) is 11.6 Å². The molecular formula is C15H17F3N2O3. The predicted octanol–water partition coefficient (Wildman–Crippen LogP) is 2.80. The number of carbonyl (C=O) groups is 2. The van der Waals surface area contributed by atoms with Crippen molar-refractivity contribution in [2.24, 2.45) is 5.92 Å². The van der Waals surface area contributed by atoms with Gasteiger partial charge in [0.25, 0.3) is 0 Å². The molecule has 0 aromatic heterocycles. The highest BCUT2D eigenvalue weighted by Gasteiger charge is 2.35. The molecule has 1 aromatic carbocycles. The minimum absolute atomic E-state index is 0.0819. The SMILES string of the molecule is CC(C)C(=O)NCC1CN(c2cccc(C(F)(F)F)c2)C(=O)O1. The fourth-order valence-corrected chi connectivity index (χ4v) is 2.11. The van der Waals surface area contributed by atoms with E-state index in [0.717, 1.165) is 17.0 Å². The molecule has 8 heteroatoms. The number of halogens is 3. The zero-order valence-corrected chi connectivity index (χ0v) is 12.7. The van der Waals surface area contributed by atoms with E-state index in [0.29, 0.717) is 0 Å². The van der Waals surface area contributed by atoms with Crippen LogP contribution in [0.2, 0.25) is 0 Å². The Labute approximate surface area is 131 Å². The molecule has 1 aromatic rings. The smallest absolute Gasteiger partial charge is 0.416 e. The van der Waals surface area contributed by atoms with Gasteiger partial charge in [0.2, 0.25) is 5.91 Å².